The smallest absolute Gasteiger partial charge is 0.252 e. The number of methoxy groups -OCH3 is 1. The van der Waals surface area contributed by atoms with Crippen molar-refractivity contribution in [3.05, 3.63) is 59.7 Å². The van der Waals surface area contributed by atoms with Gasteiger partial charge in [0.15, 0.2) is 0 Å². The number of likely N-dealkylation sites (tertiary alicyclic amines) is 1. The molecule has 2 aromatic rings. The summed E-state index contributed by atoms with van der Waals surface area (Å²) < 4.78 is 11.2. The van der Waals surface area contributed by atoms with Gasteiger partial charge in [0.05, 0.1) is 18.8 Å². The molecule has 5 nitrogen and oxygen atoms in total. The Morgan fingerprint density at radius 1 is 1.13 bits per heavy atom. The molecule has 1 atom stereocenters. The number of piperidine rings is 1. The van der Waals surface area contributed by atoms with Gasteiger partial charge >= 0.3 is 0 Å². The summed E-state index contributed by atoms with van der Waals surface area (Å²) in [5.74, 6) is 1.89. The number of amides is 1. The Bertz CT molecular complexity index is 861. The fourth-order valence-electron chi connectivity index (χ4n) is 4.31. The van der Waals surface area contributed by atoms with E-state index >= 15 is 0 Å². The standard InChI is InChI=1S/C25H32N2O3S/c1-29-23-10-4-2-7-19(23)17-27-14-12-20(13-15-27)26-25(28)22-9-3-5-11-24(22)31-18-21-8-6-16-30-21/h2-5,7,9-11,20-21H,6,8,12-18H2,1H3,(H,26,28). The Kier molecular flexibility index (Phi) is 7.89. The molecular weight excluding hydrogens is 408 g/mol. The van der Waals surface area contributed by atoms with Gasteiger partial charge in [0.1, 0.15) is 5.75 Å². The highest BCUT2D eigenvalue weighted by molar-refractivity contribution is 7.99. The molecule has 0 saturated carbocycles. The molecule has 1 N–H and O–H groups in total. The number of hydrogen-bond donors (Lipinski definition) is 1. The molecule has 0 spiro atoms. The number of ether oxygens (including phenoxy) is 2. The molecule has 4 rings (SSSR count). The summed E-state index contributed by atoms with van der Waals surface area (Å²) in [5.41, 5.74) is 1.99. The third-order valence-electron chi connectivity index (χ3n) is 6.09. The zero-order valence-electron chi connectivity index (χ0n) is 18.2. The van der Waals surface area contributed by atoms with Crippen LogP contribution in [0.25, 0.3) is 0 Å². The van der Waals surface area contributed by atoms with Gasteiger partial charge in [0, 0.05) is 48.5 Å². The maximum atomic E-state index is 13.0. The van der Waals surface area contributed by atoms with Crippen molar-refractivity contribution in [2.24, 2.45) is 0 Å². The van der Waals surface area contributed by atoms with Gasteiger partial charge in [0.2, 0.25) is 0 Å². The van der Waals surface area contributed by atoms with Crippen LogP contribution in [-0.4, -0.2) is 55.5 Å². The minimum Gasteiger partial charge on any atom is -0.496 e. The molecule has 1 unspecified atom stereocenters. The van der Waals surface area contributed by atoms with Crippen LogP contribution in [0.2, 0.25) is 0 Å². The van der Waals surface area contributed by atoms with E-state index in [1.165, 1.54) is 5.56 Å². The summed E-state index contributed by atoms with van der Waals surface area (Å²) in [6.45, 7) is 3.69. The van der Waals surface area contributed by atoms with Crippen molar-refractivity contribution in [1.82, 2.24) is 10.2 Å². The summed E-state index contributed by atoms with van der Waals surface area (Å²) in [6.07, 6.45) is 4.50. The molecule has 2 saturated heterocycles. The van der Waals surface area contributed by atoms with E-state index in [1.54, 1.807) is 18.9 Å². The van der Waals surface area contributed by atoms with Crippen molar-refractivity contribution < 1.29 is 14.3 Å². The maximum Gasteiger partial charge on any atom is 0.252 e. The lowest BCUT2D eigenvalue weighted by Gasteiger charge is -2.32. The van der Waals surface area contributed by atoms with E-state index in [2.05, 4.69) is 22.3 Å². The fourth-order valence-corrected chi connectivity index (χ4v) is 5.43. The van der Waals surface area contributed by atoms with Crippen LogP contribution in [-0.2, 0) is 11.3 Å². The predicted molar refractivity (Wildman–Crippen MR) is 125 cm³/mol. The van der Waals surface area contributed by atoms with Crippen molar-refractivity contribution >= 4 is 17.7 Å². The number of benzene rings is 2. The van der Waals surface area contributed by atoms with Crippen LogP contribution in [0.5, 0.6) is 5.75 Å². The summed E-state index contributed by atoms with van der Waals surface area (Å²) in [7, 11) is 1.72. The van der Waals surface area contributed by atoms with Gasteiger partial charge in [-0.2, -0.15) is 0 Å². The second kappa shape index (κ2) is 11.0. The molecule has 2 aliphatic rings. The number of hydrogen-bond acceptors (Lipinski definition) is 5. The average molecular weight is 441 g/mol. The molecule has 6 heteroatoms. The molecule has 2 aliphatic heterocycles. The molecule has 0 bridgehead atoms. The highest BCUT2D eigenvalue weighted by atomic mass is 32.2. The number of para-hydroxylation sites is 1. The van der Waals surface area contributed by atoms with Crippen LogP contribution >= 0.6 is 11.8 Å². The van der Waals surface area contributed by atoms with Crippen LogP contribution in [0, 0.1) is 0 Å². The van der Waals surface area contributed by atoms with Crippen molar-refractivity contribution in [3.8, 4) is 5.75 Å². The predicted octanol–water partition coefficient (Wildman–Crippen LogP) is 4.36. The zero-order valence-corrected chi connectivity index (χ0v) is 19.0. The first-order chi connectivity index (χ1) is 15.2. The molecule has 2 fully saturated rings. The minimum atomic E-state index is 0.0404. The Labute approximate surface area is 189 Å². The first kappa shape index (κ1) is 22.2. The number of carbonyl (C=O) groups excluding carboxylic acids is 1. The Hall–Kier alpha value is -2.02. The van der Waals surface area contributed by atoms with E-state index in [4.69, 9.17) is 9.47 Å². The van der Waals surface area contributed by atoms with Crippen molar-refractivity contribution in [1.29, 1.82) is 0 Å². The Morgan fingerprint density at radius 2 is 1.90 bits per heavy atom. The molecule has 0 radical (unpaired) electrons. The van der Waals surface area contributed by atoms with E-state index in [1.807, 2.05) is 36.4 Å². The van der Waals surface area contributed by atoms with Crippen molar-refractivity contribution in [2.45, 2.75) is 49.3 Å². The number of nitrogens with one attached hydrogen (secondary N) is 1. The fraction of sp³-hybridized carbons (Fsp3) is 0.480. The summed E-state index contributed by atoms with van der Waals surface area (Å²) in [6, 6.07) is 16.3. The second-order valence-electron chi connectivity index (χ2n) is 8.28. The van der Waals surface area contributed by atoms with E-state index in [9.17, 15) is 4.79 Å². The monoisotopic (exact) mass is 440 g/mol. The van der Waals surface area contributed by atoms with Crippen LogP contribution in [0.15, 0.2) is 53.4 Å². The molecule has 1 amide bonds. The van der Waals surface area contributed by atoms with Gasteiger partial charge in [-0.25, -0.2) is 0 Å². The highest BCUT2D eigenvalue weighted by Gasteiger charge is 2.23. The lowest BCUT2D eigenvalue weighted by Crippen LogP contribution is -2.44. The van der Waals surface area contributed by atoms with E-state index < -0.39 is 0 Å². The first-order valence-electron chi connectivity index (χ1n) is 11.2. The van der Waals surface area contributed by atoms with Gasteiger partial charge in [-0.05, 0) is 43.9 Å². The van der Waals surface area contributed by atoms with Crippen LogP contribution < -0.4 is 10.1 Å². The van der Waals surface area contributed by atoms with Crippen LogP contribution in [0.1, 0.15) is 41.6 Å². The average Bonchev–Trinajstić information content (AvgIpc) is 3.33. The van der Waals surface area contributed by atoms with E-state index in [-0.39, 0.29) is 11.9 Å². The molecular formula is C25H32N2O3S. The number of carbonyl (C=O) groups is 1. The normalized spacial score (nSPS) is 20.0. The second-order valence-corrected chi connectivity index (χ2v) is 9.34. The van der Waals surface area contributed by atoms with Crippen LogP contribution in [0.3, 0.4) is 0 Å². The van der Waals surface area contributed by atoms with Crippen LogP contribution in [0.4, 0.5) is 0 Å². The third-order valence-corrected chi connectivity index (χ3v) is 7.30. The summed E-state index contributed by atoms with van der Waals surface area (Å²) in [5, 5.41) is 3.28. The first-order valence-corrected chi connectivity index (χ1v) is 12.2. The molecule has 0 aromatic heterocycles. The van der Waals surface area contributed by atoms with Gasteiger partial charge in [-0.3, -0.25) is 9.69 Å². The number of nitrogens with zero attached hydrogens (tertiary/aromatic N) is 1. The largest absolute Gasteiger partial charge is 0.496 e. The van der Waals surface area contributed by atoms with Gasteiger partial charge in [0.25, 0.3) is 5.91 Å². The van der Waals surface area contributed by atoms with Crippen molar-refractivity contribution in [3.63, 3.8) is 0 Å². The van der Waals surface area contributed by atoms with E-state index in [0.29, 0.717) is 6.10 Å². The van der Waals surface area contributed by atoms with Gasteiger partial charge in [-0.1, -0.05) is 30.3 Å². The lowest BCUT2D eigenvalue weighted by atomic mass is 10.0. The minimum absolute atomic E-state index is 0.0404. The quantitative estimate of drug-likeness (QED) is 0.618. The molecule has 166 valence electrons. The van der Waals surface area contributed by atoms with E-state index in [0.717, 1.165) is 73.9 Å². The molecule has 2 heterocycles. The van der Waals surface area contributed by atoms with Gasteiger partial charge < -0.3 is 14.8 Å². The molecule has 0 aliphatic carbocycles. The Balaban J connectivity index is 1.28. The van der Waals surface area contributed by atoms with Gasteiger partial charge in [-0.15, -0.1) is 11.8 Å². The zero-order chi connectivity index (χ0) is 21.5. The summed E-state index contributed by atoms with van der Waals surface area (Å²) in [4.78, 5) is 16.5. The highest BCUT2D eigenvalue weighted by Crippen LogP contribution is 2.27. The van der Waals surface area contributed by atoms with Crippen molar-refractivity contribution in [2.75, 3.05) is 32.6 Å². The number of rotatable bonds is 8. The molecule has 31 heavy (non-hydrogen) atoms. The Morgan fingerprint density at radius 3 is 2.68 bits per heavy atom. The topological polar surface area (TPSA) is 50.8 Å². The number of thioether (sulfide) groups is 1. The molecule has 2 aromatic carbocycles. The maximum absolute atomic E-state index is 13.0. The SMILES string of the molecule is COc1ccccc1CN1CCC(NC(=O)c2ccccc2SCC2CCCO2)CC1. The summed E-state index contributed by atoms with van der Waals surface area (Å²) >= 11 is 1.73. The third kappa shape index (κ3) is 6.03. The lowest BCUT2D eigenvalue weighted by molar-refractivity contribution is 0.0905.